The van der Waals surface area contributed by atoms with Crippen LogP contribution in [-0.2, 0) is 9.59 Å². The van der Waals surface area contributed by atoms with Gasteiger partial charge in [-0.05, 0) is 44.4 Å². The fourth-order valence-electron chi connectivity index (χ4n) is 3.27. The molecule has 0 spiro atoms. The lowest BCUT2D eigenvalue weighted by atomic mass is 9.78. The van der Waals surface area contributed by atoms with E-state index in [1.807, 2.05) is 4.90 Å². The summed E-state index contributed by atoms with van der Waals surface area (Å²) in [6.45, 7) is 3.90. The second-order valence-corrected chi connectivity index (χ2v) is 6.32. The molecule has 1 aliphatic carbocycles. The van der Waals surface area contributed by atoms with Crippen LogP contribution in [0.15, 0.2) is 0 Å². The maximum Gasteiger partial charge on any atom is 0.241 e. The molecule has 0 aromatic carbocycles. The lowest BCUT2D eigenvalue weighted by molar-refractivity contribution is -0.135. The Morgan fingerprint density at radius 2 is 1.90 bits per heavy atom. The van der Waals surface area contributed by atoms with Gasteiger partial charge in [-0.1, -0.05) is 6.92 Å². The highest BCUT2D eigenvalue weighted by Gasteiger charge is 2.31. The predicted molar refractivity (Wildman–Crippen MR) is 77.9 cm³/mol. The Labute approximate surface area is 121 Å². The average molecular weight is 281 g/mol. The molecule has 20 heavy (non-hydrogen) atoms. The fraction of sp³-hybridized carbons (Fsp3) is 0.867. The zero-order valence-corrected chi connectivity index (χ0v) is 12.4. The van der Waals surface area contributed by atoms with E-state index in [9.17, 15) is 9.59 Å². The summed E-state index contributed by atoms with van der Waals surface area (Å²) >= 11 is 0. The summed E-state index contributed by atoms with van der Waals surface area (Å²) < 4.78 is 0. The summed E-state index contributed by atoms with van der Waals surface area (Å²) in [5.74, 6) is 0.372. The monoisotopic (exact) mass is 281 g/mol. The first kappa shape index (κ1) is 15.3. The summed E-state index contributed by atoms with van der Waals surface area (Å²) in [4.78, 5) is 26.1. The van der Waals surface area contributed by atoms with Crippen molar-refractivity contribution in [2.24, 2.45) is 17.6 Å². The Bertz CT molecular complexity index is 353. The molecule has 0 aromatic rings. The van der Waals surface area contributed by atoms with E-state index in [-0.39, 0.29) is 30.3 Å². The summed E-state index contributed by atoms with van der Waals surface area (Å²) in [5.41, 5.74) is 5.94. The minimum Gasteiger partial charge on any atom is -0.347 e. The van der Waals surface area contributed by atoms with Gasteiger partial charge in [-0.25, -0.2) is 0 Å². The molecule has 2 aliphatic rings. The molecule has 3 N–H and O–H groups in total. The average Bonchev–Trinajstić information content (AvgIpc) is 2.47. The van der Waals surface area contributed by atoms with Crippen LogP contribution < -0.4 is 11.1 Å². The third-order valence-corrected chi connectivity index (χ3v) is 4.70. The Hall–Kier alpha value is -1.10. The van der Waals surface area contributed by atoms with Crippen LogP contribution in [0.25, 0.3) is 0 Å². The highest BCUT2D eigenvalue weighted by atomic mass is 16.2. The van der Waals surface area contributed by atoms with Crippen molar-refractivity contribution in [3.8, 4) is 0 Å². The van der Waals surface area contributed by atoms with Crippen LogP contribution in [0, 0.1) is 11.8 Å². The molecule has 0 radical (unpaired) electrons. The van der Waals surface area contributed by atoms with E-state index in [1.54, 1.807) is 0 Å². The van der Waals surface area contributed by atoms with Gasteiger partial charge in [0.05, 0.1) is 6.54 Å². The number of hydrogen-bond donors (Lipinski definition) is 2. The van der Waals surface area contributed by atoms with E-state index in [4.69, 9.17) is 5.73 Å². The van der Waals surface area contributed by atoms with E-state index in [0.29, 0.717) is 5.92 Å². The number of likely N-dealkylation sites (tertiary alicyclic amines) is 1. The molecule has 0 aromatic heterocycles. The van der Waals surface area contributed by atoms with Crippen LogP contribution in [-0.4, -0.2) is 42.4 Å². The molecule has 0 bridgehead atoms. The van der Waals surface area contributed by atoms with E-state index in [2.05, 4.69) is 12.2 Å². The van der Waals surface area contributed by atoms with Crippen molar-refractivity contribution in [3.63, 3.8) is 0 Å². The third-order valence-electron chi connectivity index (χ3n) is 4.70. The van der Waals surface area contributed by atoms with Crippen molar-refractivity contribution in [2.45, 2.75) is 51.5 Å². The second-order valence-electron chi connectivity index (χ2n) is 6.32. The number of rotatable bonds is 3. The number of piperidine rings is 1. The molecule has 3 unspecified atom stereocenters. The van der Waals surface area contributed by atoms with Gasteiger partial charge in [-0.2, -0.15) is 0 Å². The van der Waals surface area contributed by atoms with Gasteiger partial charge in [-0.15, -0.1) is 0 Å². The van der Waals surface area contributed by atoms with Crippen LogP contribution in [0.1, 0.15) is 45.4 Å². The molecule has 114 valence electrons. The second kappa shape index (κ2) is 7.07. The topological polar surface area (TPSA) is 75.4 Å². The van der Waals surface area contributed by atoms with Crippen LogP contribution in [0.4, 0.5) is 0 Å². The van der Waals surface area contributed by atoms with Gasteiger partial charge in [-0.3, -0.25) is 9.59 Å². The van der Waals surface area contributed by atoms with Crippen LogP contribution in [0.5, 0.6) is 0 Å². The number of nitrogens with two attached hydrogens (primary N) is 1. The van der Waals surface area contributed by atoms with Gasteiger partial charge >= 0.3 is 0 Å². The van der Waals surface area contributed by atoms with Gasteiger partial charge in [0.25, 0.3) is 0 Å². The van der Waals surface area contributed by atoms with Crippen LogP contribution in [0.3, 0.4) is 0 Å². The highest BCUT2D eigenvalue weighted by Crippen LogP contribution is 2.29. The standard InChI is InChI=1S/C15H27N3O2/c1-11-5-6-12(16)9-13(11)15(20)17-10-14(19)18-7-3-2-4-8-18/h11-13H,2-10,16H2,1H3,(H,17,20). The lowest BCUT2D eigenvalue weighted by Crippen LogP contribution is -2.46. The van der Waals surface area contributed by atoms with Gasteiger partial charge in [0.15, 0.2) is 0 Å². The van der Waals surface area contributed by atoms with E-state index in [1.165, 1.54) is 6.42 Å². The largest absolute Gasteiger partial charge is 0.347 e. The maximum absolute atomic E-state index is 12.2. The van der Waals surface area contributed by atoms with Gasteiger partial charge in [0.2, 0.25) is 11.8 Å². The molecule has 5 nitrogen and oxygen atoms in total. The van der Waals surface area contributed by atoms with Gasteiger partial charge < -0.3 is 16.0 Å². The van der Waals surface area contributed by atoms with E-state index in [0.717, 1.165) is 45.2 Å². The molecular weight excluding hydrogens is 254 g/mol. The summed E-state index contributed by atoms with van der Waals surface area (Å²) in [6, 6.07) is 0.125. The fourth-order valence-corrected chi connectivity index (χ4v) is 3.27. The number of nitrogens with zero attached hydrogens (tertiary/aromatic N) is 1. The molecule has 1 aliphatic heterocycles. The first-order valence-corrected chi connectivity index (χ1v) is 7.89. The minimum atomic E-state index is -0.0343. The van der Waals surface area contributed by atoms with Crippen molar-refractivity contribution < 1.29 is 9.59 Å². The Morgan fingerprint density at radius 1 is 1.20 bits per heavy atom. The Kier molecular flexibility index (Phi) is 5.40. The maximum atomic E-state index is 12.2. The number of hydrogen-bond acceptors (Lipinski definition) is 3. The van der Waals surface area contributed by atoms with E-state index >= 15 is 0 Å². The normalized spacial score (nSPS) is 30.9. The molecule has 2 amide bonds. The highest BCUT2D eigenvalue weighted by molar-refractivity contribution is 5.86. The number of carbonyl (C=O) groups is 2. The van der Waals surface area contributed by atoms with Gasteiger partial charge in [0.1, 0.15) is 0 Å². The summed E-state index contributed by atoms with van der Waals surface area (Å²) in [5, 5.41) is 2.81. The lowest BCUT2D eigenvalue weighted by Gasteiger charge is -2.32. The van der Waals surface area contributed by atoms with Crippen molar-refractivity contribution in [1.82, 2.24) is 10.2 Å². The van der Waals surface area contributed by atoms with Crippen LogP contribution >= 0.6 is 0 Å². The zero-order valence-electron chi connectivity index (χ0n) is 12.4. The van der Waals surface area contributed by atoms with Crippen LogP contribution in [0.2, 0.25) is 0 Å². The quantitative estimate of drug-likeness (QED) is 0.806. The number of amides is 2. The van der Waals surface area contributed by atoms with Gasteiger partial charge in [0, 0.05) is 25.0 Å². The molecule has 5 heteroatoms. The smallest absolute Gasteiger partial charge is 0.241 e. The Morgan fingerprint density at radius 3 is 2.60 bits per heavy atom. The van der Waals surface area contributed by atoms with Crippen molar-refractivity contribution >= 4 is 11.8 Å². The van der Waals surface area contributed by atoms with Crippen molar-refractivity contribution in [1.29, 1.82) is 0 Å². The molecule has 1 heterocycles. The third kappa shape index (κ3) is 3.95. The minimum absolute atomic E-state index is 0.00184. The molecule has 1 saturated heterocycles. The first-order valence-electron chi connectivity index (χ1n) is 7.89. The number of carbonyl (C=O) groups excluding carboxylic acids is 2. The molecule has 2 rings (SSSR count). The summed E-state index contributed by atoms with van der Waals surface area (Å²) in [7, 11) is 0. The SMILES string of the molecule is CC1CCC(N)CC1C(=O)NCC(=O)N1CCCCC1. The summed E-state index contributed by atoms with van der Waals surface area (Å²) in [6.07, 6.45) is 6.10. The molecular formula is C15H27N3O2. The Balaban J connectivity index is 1.77. The molecule has 3 atom stereocenters. The zero-order chi connectivity index (χ0) is 14.5. The predicted octanol–water partition coefficient (Wildman–Crippen LogP) is 0.879. The van der Waals surface area contributed by atoms with E-state index < -0.39 is 0 Å². The molecule has 2 fully saturated rings. The molecule has 1 saturated carbocycles. The number of nitrogens with one attached hydrogen (secondary N) is 1. The first-order chi connectivity index (χ1) is 9.58. The van der Waals surface area contributed by atoms with Crippen molar-refractivity contribution in [3.05, 3.63) is 0 Å². The van der Waals surface area contributed by atoms with Crippen molar-refractivity contribution in [2.75, 3.05) is 19.6 Å².